The fraction of sp³-hybridized carbons (Fsp3) is 0.381. The van der Waals surface area contributed by atoms with Crippen LogP contribution in [0.1, 0.15) is 25.7 Å². The number of benzene rings is 2. The largest absolute Gasteiger partial charge is 0.489 e. The number of ether oxygens (including phenoxy) is 2. The zero-order chi connectivity index (χ0) is 18.9. The summed E-state index contributed by atoms with van der Waals surface area (Å²) in [4.78, 5) is 13.4. The predicted molar refractivity (Wildman–Crippen MR) is 111 cm³/mol. The molecule has 1 fully saturated rings. The van der Waals surface area contributed by atoms with Gasteiger partial charge in [-0.1, -0.05) is 23.7 Å². The summed E-state index contributed by atoms with van der Waals surface area (Å²) < 4.78 is 11.6. The molecule has 2 aromatic rings. The number of carbonyl (C=O) groups excluding carboxylic acids is 1. The first-order valence-corrected chi connectivity index (χ1v) is 10.6. The second-order valence-electron chi connectivity index (χ2n) is 6.40. The Morgan fingerprint density at radius 1 is 1.19 bits per heavy atom. The van der Waals surface area contributed by atoms with E-state index >= 15 is 0 Å². The molecular formula is C21H24ClNO3S. The summed E-state index contributed by atoms with van der Waals surface area (Å²) in [5.74, 6) is 1.36. The minimum Gasteiger partial charge on any atom is -0.489 e. The number of hydrogen-bond donors (Lipinski definition) is 1. The van der Waals surface area contributed by atoms with E-state index in [1.807, 2.05) is 48.5 Å². The molecule has 1 aliphatic rings. The van der Waals surface area contributed by atoms with Gasteiger partial charge in [0, 0.05) is 28.7 Å². The van der Waals surface area contributed by atoms with Gasteiger partial charge in [0.05, 0.1) is 11.8 Å². The van der Waals surface area contributed by atoms with Crippen LogP contribution in [0.15, 0.2) is 53.4 Å². The normalized spacial score (nSPS) is 16.7. The molecule has 0 spiro atoms. The van der Waals surface area contributed by atoms with Crippen LogP contribution in [-0.2, 0) is 9.53 Å². The first-order chi connectivity index (χ1) is 13.2. The third-order valence-corrected chi connectivity index (χ3v) is 5.54. The molecule has 2 aromatic carbocycles. The van der Waals surface area contributed by atoms with Crippen LogP contribution in [0.5, 0.6) is 5.75 Å². The van der Waals surface area contributed by atoms with Crippen molar-refractivity contribution in [3.05, 3.63) is 53.6 Å². The Morgan fingerprint density at radius 3 is 2.78 bits per heavy atom. The number of para-hydroxylation sites is 2. The molecule has 144 valence electrons. The highest BCUT2D eigenvalue weighted by Gasteiger charge is 2.15. The maximum atomic E-state index is 12.3. The van der Waals surface area contributed by atoms with Crippen LogP contribution in [-0.4, -0.2) is 31.0 Å². The second kappa shape index (κ2) is 10.6. The average Bonchev–Trinajstić information content (AvgIpc) is 2.70. The number of hydrogen-bond acceptors (Lipinski definition) is 4. The lowest BCUT2D eigenvalue weighted by Gasteiger charge is -2.23. The van der Waals surface area contributed by atoms with Gasteiger partial charge in [-0.05, 0) is 55.7 Å². The Balaban J connectivity index is 1.46. The van der Waals surface area contributed by atoms with Gasteiger partial charge < -0.3 is 14.8 Å². The van der Waals surface area contributed by atoms with E-state index in [1.54, 1.807) is 11.8 Å². The Bertz CT molecular complexity index is 732. The van der Waals surface area contributed by atoms with Gasteiger partial charge in [0.15, 0.2) is 0 Å². The number of amides is 1. The molecule has 1 heterocycles. The van der Waals surface area contributed by atoms with Gasteiger partial charge in [0.1, 0.15) is 12.4 Å². The highest BCUT2D eigenvalue weighted by Crippen LogP contribution is 2.26. The lowest BCUT2D eigenvalue weighted by Crippen LogP contribution is -2.26. The van der Waals surface area contributed by atoms with Gasteiger partial charge in [0.2, 0.25) is 5.91 Å². The molecule has 0 aromatic heterocycles. The third kappa shape index (κ3) is 6.76. The average molecular weight is 406 g/mol. The van der Waals surface area contributed by atoms with E-state index in [1.165, 1.54) is 6.42 Å². The Kier molecular flexibility index (Phi) is 7.87. The zero-order valence-electron chi connectivity index (χ0n) is 15.2. The van der Waals surface area contributed by atoms with E-state index in [2.05, 4.69) is 5.32 Å². The van der Waals surface area contributed by atoms with Gasteiger partial charge in [-0.15, -0.1) is 11.8 Å². The molecule has 1 saturated heterocycles. The highest BCUT2D eigenvalue weighted by molar-refractivity contribution is 7.99. The molecule has 1 amide bonds. The summed E-state index contributed by atoms with van der Waals surface area (Å²) in [6, 6.07) is 15.2. The number of anilines is 1. The van der Waals surface area contributed by atoms with Gasteiger partial charge in [-0.2, -0.15) is 0 Å². The molecule has 0 aliphatic carbocycles. The van der Waals surface area contributed by atoms with Crippen molar-refractivity contribution >= 4 is 35.0 Å². The SMILES string of the molecule is O=C(CCSc1ccc(Cl)cc1)Nc1ccccc1OCC1CCCCO1. The Hall–Kier alpha value is -1.69. The topological polar surface area (TPSA) is 47.6 Å². The number of rotatable bonds is 8. The quantitative estimate of drug-likeness (QED) is 0.596. The summed E-state index contributed by atoms with van der Waals surface area (Å²) in [5.41, 5.74) is 0.704. The number of halogens is 1. The van der Waals surface area contributed by atoms with E-state index in [0.717, 1.165) is 24.3 Å². The van der Waals surface area contributed by atoms with Crippen LogP contribution in [0.3, 0.4) is 0 Å². The van der Waals surface area contributed by atoms with Crippen LogP contribution in [0.4, 0.5) is 5.69 Å². The predicted octanol–water partition coefficient (Wildman–Crippen LogP) is 5.41. The van der Waals surface area contributed by atoms with Crippen LogP contribution in [0.25, 0.3) is 0 Å². The minimum atomic E-state index is -0.0265. The van der Waals surface area contributed by atoms with Crippen molar-refractivity contribution < 1.29 is 14.3 Å². The molecule has 1 N–H and O–H groups in total. The highest BCUT2D eigenvalue weighted by atomic mass is 35.5. The van der Waals surface area contributed by atoms with Crippen molar-refractivity contribution in [1.82, 2.24) is 0 Å². The van der Waals surface area contributed by atoms with Crippen molar-refractivity contribution in [2.75, 3.05) is 24.3 Å². The summed E-state index contributed by atoms with van der Waals surface area (Å²) in [5, 5.41) is 3.67. The van der Waals surface area contributed by atoms with E-state index in [4.69, 9.17) is 21.1 Å². The van der Waals surface area contributed by atoms with Crippen LogP contribution in [0, 0.1) is 0 Å². The number of carbonyl (C=O) groups is 1. The second-order valence-corrected chi connectivity index (χ2v) is 8.00. The maximum absolute atomic E-state index is 12.3. The van der Waals surface area contributed by atoms with Crippen molar-refractivity contribution in [3.63, 3.8) is 0 Å². The number of thioether (sulfide) groups is 1. The Labute approximate surface area is 169 Å². The summed E-state index contributed by atoms with van der Waals surface area (Å²) in [7, 11) is 0. The fourth-order valence-corrected chi connectivity index (χ4v) is 3.80. The van der Waals surface area contributed by atoms with Gasteiger partial charge >= 0.3 is 0 Å². The van der Waals surface area contributed by atoms with Crippen LogP contribution < -0.4 is 10.1 Å². The lowest BCUT2D eigenvalue weighted by atomic mass is 10.1. The fourth-order valence-electron chi connectivity index (χ4n) is 2.82. The first-order valence-electron chi connectivity index (χ1n) is 9.22. The molecule has 1 aliphatic heterocycles. The smallest absolute Gasteiger partial charge is 0.225 e. The first kappa shape index (κ1) is 20.1. The molecule has 0 bridgehead atoms. The van der Waals surface area contributed by atoms with E-state index in [0.29, 0.717) is 35.2 Å². The third-order valence-electron chi connectivity index (χ3n) is 4.27. The summed E-state index contributed by atoms with van der Waals surface area (Å²) in [6.07, 6.45) is 3.89. The van der Waals surface area contributed by atoms with Crippen LogP contribution in [0.2, 0.25) is 5.02 Å². The Morgan fingerprint density at radius 2 is 2.00 bits per heavy atom. The van der Waals surface area contributed by atoms with Gasteiger partial charge in [-0.25, -0.2) is 0 Å². The number of nitrogens with one attached hydrogen (secondary N) is 1. The minimum absolute atomic E-state index is 0.0265. The lowest BCUT2D eigenvalue weighted by molar-refractivity contribution is -0.115. The van der Waals surface area contributed by atoms with Crippen molar-refractivity contribution in [3.8, 4) is 5.75 Å². The molecule has 27 heavy (non-hydrogen) atoms. The molecule has 3 rings (SSSR count). The molecule has 0 radical (unpaired) electrons. The molecule has 1 unspecified atom stereocenters. The van der Waals surface area contributed by atoms with E-state index in [9.17, 15) is 4.79 Å². The summed E-state index contributed by atoms with van der Waals surface area (Å²) >= 11 is 7.52. The van der Waals surface area contributed by atoms with E-state index < -0.39 is 0 Å². The monoisotopic (exact) mass is 405 g/mol. The van der Waals surface area contributed by atoms with Gasteiger partial charge in [-0.3, -0.25) is 4.79 Å². The molecular weight excluding hydrogens is 382 g/mol. The zero-order valence-corrected chi connectivity index (χ0v) is 16.7. The van der Waals surface area contributed by atoms with Crippen molar-refractivity contribution in [2.24, 2.45) is 0 Å². The maximum Gasteiger partial charge on any atom is 0.225 e. The van der Waals surface area contributed by atoms with Crippen molar-refractivity contribution in [1.29, 1.82) is 0 Å². The molecule has 4 nitrogen and oxygen atoms in total. The van der Waals surface area contributed by atoms with Crippen molar-refractivity contribution in [2.45, 2.75) is 36.7 Å². The molecule has 1 atom stereocenters. The van der Waals surface area contributed by atoms with Crippen LogP contribution >= 0.6 is 23.4 Å². The standard InChI is InChI=1S/C21H24ClNO3S/c22-16-8-10-18(11-9-16)27-14-12-21(24)23-19-6-1-2-7-20(19)26-15-17-5-3-4-13-25-17/h1-2,6-11,17H,3-5,12-15H2,(H,23,24). The van der Waals surface area contributed by atoms with Gasteiger partial charge in [0.25, 0.3) is 0 Å². The molecule has 6 heteroatoms. The molecule has 0 saturated carbocycles. The van der Waals surface area contributed by atoms with E-state index in [-0.39, 0.29) is 12.0 Å². The summed E-state index contributed by atoms with van der Waals surface area (Å²) in [6.45, 7) is 1.32.